The van der Waals surface area contributed by atoms with E-state index in [9.17, 15) is 61.0 Å². The van der Waals surface area contributed by atoms with Gasteiger partial charge < -0.3 is 89.9 Å². The lowest BCUT2D eigenvalue weighted by atomic mass is 9.96. The molecule has 0 bridgehead atoms. The first-order valence-electron chi connectivity index (χ1n) is 29.5. The van der Waals surface area contributed by atoms with Gasteiger partial charge in [0.15, 0.2) is 18.9 Å². The van der Waals surface area contributed by atoms with Crippen LogP contribution in [0.2, 0.25) is 0 Å². The standard InChI is InChI=1S/C59H103NO18/c1-3-5-7-9-11-13-15-17-19-21-22-24-26-28-30-32-34-36-43(64)42(60-47(65)37-35-33-31-29-27-25-23-20-18-16-14-12-10-8-6-4-2)41-73-57-53(71)50(68)55(45(39-62)75-57)78-59-54(72)51(69)56(46(40-63)76-59)77-58-52(70)49(67)48(66)44(38-61)74-58/h14,16,19-21,23,26,28,34,36,42-46,48-59,61-64,66-72H,3-13,15,17-18,22,24-25,27,29-33,35,37-41H2,1-2H3,(H,60,65)/b16-14-,21-19+,23-20-,28-26+,36-34+. The Morgan fingerprint density at radius 1 is 0.462 bits per heavy atom. The minimum absolute atomic E-state index is 0.213. The molecule has 3 fully saturated rings. The molecule has 3 saturated heterocycles. The van der Waals surface area contributed by atoms with Gasteiger partial charge in [0.25, 0.3) is 0 Å². The molecule has 1 amide bonds. The fourth-order valence-electron chi connectivity index (χ4n) is 9.60. The number of aliphatic hydroxyl groups excluding tert-OH is 11. The van der Waals surface area contributed by atoms with Crippen molar-refractivity contribution < 1.29 is 89.4 Å². The lowest BCUT2D eigenvalue weighted by molar-refractivity contribution is -0.379. The van der Waals surface area contributed by atoms with Gasteiger partial charge in [0, 0.05) is 6.42 Å². The molecule has 78 heavy (non-hydrogen) atoms. The molecule has 0 radical (unpaired) electrons. The number of aliphatic hydroxyl groups is 11. The third-order valence-corrected chi connectivity index (χ3v) is 14.5. The third-order valence-electron chi connectivity index (χ3n) is 14.5. The average Bonchev–Trinajstić information content (AvgIpc) is 3.47. The van der Waals surface area contributed by atoms with Crippen LogP contribution in [0.5, 0.6) is 0 Å². The Morgan fingerprint density at radius 3 is 1.37 bits per heavy atom. The molecule has 3 heterocycles. The Labute approximate surface area is 465 Å². The molecule has 19 heteroatoms. The van der Waals surface area contributed by atoms with Crippen LogP contribution in [0.25, 0.3) is 0 Å². The van der Waals surface area contributed by atoms with Crippen molar-refractivity contribution in [1.29, 1.82) is 0 Å². The Kier molecular flexibility index (Phi) is 37.9. The predicted molar refractivity (Wildman–Crippen MR) is 295 cm³/mol. The molecular weight excluding hydrogens is 1010 g/mol. The summed E-state index contributed by atoms with van der Waals surface area (Å²) in [4.78, 5) is 13.3. The van der Waals surface area contributed by atoms with Crippen LogP contribution in [0, 0.1) is 0 Å². The molecule has 0 saturated carbocycles. The van der Waals surface area contributed by atoms with Crippen LogP contribution in [0.15, 0.2) is 60.8 Å². The van der Waals surface area contributed by atoms with Crippen molar-refractivity contribution in [3.8, 4) is 0 Å². The number of amides is 1. The van der Waals surface area contributed by atoms with Crippen LogP contribution >= 0.6 is 0 Å². The van der Waals surface area contributed by atoms with Crippen LogP contribution in [0.3, 0.4) is 0 Å². The number of nitrogens with one attached hydrogen (secondary N) is 1. The maximum Gasteiger partial charge on any atom is 0.220 e. The Balaban J connectivity index is 1.54. The van der Waals surface area contributed by atoms with E-state index in [0.29, 0.717) is 12.8 Å². The van der Waals surface area contributed by atoms with Gasteiger partial charge >= 0.3 is 0 Å². The highest BCUT2D eigenvalue weighted by atomic mass is 16.8. The highest BCUT2D eigenvalue weighted by Gasteiger charge is 2.53. The summed E-state index contributed by atoms with van der Waals surface area (Å²) in [6.45, 7) is 1.64. The Bertz CT molecular complexity index is 1660. The topological polar surface area (TPSA) is 307 Å². The SMILES string of the molecule is CCCCCC/C=C\C/C=C\CCCCCCCC(=O)NC(COC1OC(CO)C(OC2OC(CO)C(OC3OC(CO)C(O)C(O)C3O)C(O)C2O)C(O)C1O)C(O)/C=C/CC/C=C/CC/C=C/CCCCCCCCC. The van der Waals surface area contributed by atoms with Crippen LogP contribution in [-0.4, -0.2) is 193 Å². The number of allylic oxidation sites excluding steroid dienone is 9. The van der Waals surface area contributed by atoms with Crippen molar-refractivity contribution in [3.05, 3.63) is 60.8 Å². The zero-order chi connectivity index (χ0) is 56.9. The fourth-order valence-corrected chi connectivity index (χ4v) is 9.60. The molecule has 0 aliphatic carbocycles. The second kappa shape index (κ2) is 42.3. The highest BCUT2D eigenvalue weighted by molar-refractivity contribution is 5.76. The van der Waals surface area contributed by atoms with Gasteiger partial charge in [-0.25, -0.2) is 0 Å². The van der Waals surface area contributed by atoms with Crippen LogP contribution in [0.4, 0.5) is 0 Å². The summed E-state index contributed by atoms with van der Waals surface area (Å²) in [5.74, 6) is -0.307. The smallest absolute Gasteiger partial charge is 0.220 e. The number of carbonyl (C=O) groups is 1. The minimum atomic E-state index is -1.98. The summed E-state index contributed by atoms with van der Waals surface area (Å²) >= 11 is 0. The van der Waals surface area contributed by atoms with Crippen molar-refractivity contribution in [3.63, 3.8) is 0 Å². The van der Waals surface area contributed by atoms with Crippen LogP contribution in [-0.2, 0) is 33.2 Å². The summed E-state index contributed by atoms with van der Waals surface area (Å²) in [5, 5.41) is 120. The predicted octanol–water partition coefficient (Wildman–Crippen LogP) is 4.87. The normalized spacial score (nSPS) is 30.9. The molecule has 452 valence electrons. The first-order chi connectivity index (χ1) is 37.8. The van der Waals surface area contributed by atoms with Gasteiger partial charge in [0.2, 0.25) is 5.91 Å². The highest BCUT2D eigenvalue weighted by Crippen LogP contribution is 2.33. The second-order valence-electron chi connectivity index (χ2n) is 21.1. The molecule has 0 aromatic carbocycles. The molecule has 12 N–H and O–H groups in total. The lowest BCUT2D eigenvalue weighted by Gasteiger charge is -2.48. The van der Waals surface area contributed by atoms with Gasteiger partial charge in [-0.3, -0.25) is 4.79 Å². The molecule has 17 unspecified atom stereocenters. The van der Waals surface area contributed by atoms with Gasteiger partial charge in [-0.15, -0.1) is 0 Å². The van der Waals surface area contributed by atoms with E-state index in [-0.39, 0.29) is 18.9 Å². The number of carbonyl (C=O) groups excluding carboxylic acids is 1. The maximum atomic E-state index is 13.3. The van der Waals surface area contributed by atoms with E-state index in [2.05, 4.69) is 67.8 Å². The Morgan fingerprint density at radius 2 is 0.859 bits per heavy atom. The van der Waals surface area contributed by atoms with E-state index in [0.717, 1.165) is 70.6 Å². The van der Waals surface area contributed by atoms with Gasteiger partial charge in [0.1, 0.15) is 73.2 Å². The average molecular weight is 1110 g/mol. The maximum absolute atomic E-state index is 13.3. The summed E-state index contributed by atoms with van der Waals surface area (Å²) in [5.41, 5.74) is 0. The molecule has 3 rings (SSSR count). The third kappa shape index (κ3) is 26.2. The van der Waals surface area contributed by atoms with Crippen molar-refractivity contribution in [2.45, 2.75) is 279 Å². The lowest BCUT2D eigenvalue weighted by Crippen LogP contribution is -2.66. The molecule has 3 aliphatic rings. The summed E-state index contributed by atoms with van der Waals surface area (Å²) in [6, 6.07) is -1.00. The number of hydrogen-bond acceptors (Lipinski definition) is 18. The zero-order valence-corrected chi connectivity index (χ0v) is 46.9. The fraction of sp³-hybridized carbons (Fsp3) is 0.814. The largest absolute Gasteiger partial charge is 0.394 e. The second-order valence-corrected chi connectivity index (χ2v) is 21.1. The quantitative estimate of drug-likeness (QED) is 0.0287. The molecule has 0 aromatic heterocycles. The van der Waals surface area contributed by atoms with Gasteiger partial charge in [0.05, 0.1) is 38.6 Å². The number of unbranched alkanes of at least 4 members (excludes halogenated alkanes) is 18. The number of ether oxygens (including phenoxy) is 6. The minimum Gasteiger partial charge on any atom is -0.394 e. The van der Waals surface area contributed by atoms with E-state index >= 15 is 0 Å². The van der Waals surface area contributed by atoms with E-state index < -0.39 is 124 Å². The zero-order valence-electron chi connectivity index (χ0n) is 46.9. The Hall–Kier alpha value is -2.51. The first kappa shape index (κ1) is 69.8. The van der Waals surface area contributed by atoms with Crippen LogP contribution in [0.1, 0.15) is 174 Å². The number of hydrogen-bond donors (Lipinski definition) is 12. The van der Waals surface area contributed by atoms with Crippen molar-refractivity contribution in [2.75, 3.05) is 26.4 Å². The molecule has 0 aromatic rings. The van der Waals surface area contributed by atoms with E-state index in [1.807, 2.05) is 6.08 Å². The molecular formula is C59H103NO18. The van der Waals surface area contributed by atoms with Gasteiger partial charge in [-0.1, -0.05) is 152 Å². The summed E-state index contributed by atoms with van der Waals surface area (Å²) in [7, 11) is 0. The monoisotopic (exact) mass is 1110 g/mol. The van der Waals surface area contributed by atoms with Gasteiger partial charge in [-0.05, 0) is 77.0 Å². The molecule has 0 spiro atoms. The van der Waals surface area contributed by atoms with E-state index in [1.54, 1.807) is 6.08 Å². The summed E-state index contributed by atoms with van der Waals surface area (Å²) < 4.78 is 34.2. The van der Waals surface area contributed by atoms with Gasteiger partial charge in [-0.2, -0.15) is 0 Å². The summed E-state index contributed by atoms with van der Waals surface area (Å²) in [6.07, 6.45) is 20.6. The molecule has 19 nitrogen and oxygen atoms in total. The molecule has 17 atom stereocenters. The van der Waals surface area contributed by atoms with E-state index in [4.69, 9.17) is 28.4 Å². The molecule has 3 aliphatic heterocycles. The first-order valence-corrected chi connectivity index (χ1v) is 29.5. The van der Waals surface area contributed by atoms with Crippen LogP contribution < -0.4 is 5.32 Å². The van der Waals surface area contributed by atoms with Crippen molar-refractivity contribution >= 4 is 5.91 Å². The number of rotatable bonds is 42. The van der Waals surface area contributed by atoms with Crippen molar-refractivity contribution in [1.82, 2.24) is 5.32 Å². The van der Waals surface area contributed by atoms with E-state index in [1.165, 1.54) is 70.6 Å². The van der Waals surface area contributed by atoms with Crippen molar-refractivity contribution in [2.24, 2.45) is 0 Å².